The standard InChI is InChI=1S/C17H23N7OS/c25-16(12-26-17-20-21-22-24(17)14-5-1-2-6-14)19-13-7-8-15(18-11-13)23-9-3-4-10-23/h7-8,11,14H,1-6,9-10,12H2,(H,19,25). The smallest absolute Gasteiger partial charge is 0.234 e. The predicted molar refractivity (Wildman–Crippen MR) is 100 cm³/mol. The third-order valence-electron chi connectivity index (χ3n) is 4.93. The molecule has 1 aliphatic carbocycles. The van der Waals surface area contributed by atoms with Gasteiger partial charge < -0.3 is 10.2 Å². The fraction of sp³-hybridized carbons (Fsp3) is 0.588. The number of aromatic nitrogens is 5. The average molecular weight is 373 g/mol. The highest BCUT2D eigenvalue weighted by atomic mass is 32.2. The van der Waals surface area contributed by atoms with E-state index in [-0.39, 0.29) is 11.7 Å². The normalized spacial score (nSPS) is 17.8. The summed E-state index contributed by atoms with van der Waals surface area (Å²) in [5.74, 6) is 1.18. The first kappa shape index (κ1) is 17.3. The lowest BCUT2D eigenvalue weighted by molar-refractivity contribution is -0.113. The van der Waals surface area contributed by atoms with Crippen molar-refractivity contribution in [1.82, 2.24) is 25.2 Å². The van der Waals surface area contributed by atoms with Crippen molar-refractivity contribution >= 4 is 29.2 Å². The molecule has 0 atom stereocenters. The highest BCUT2D eigenvalue weighted by Gasteiger charge is 2.22. The van der Waals surface area contributed by atoms with E-state index in [1.165, 1.54) is 37.4 Å². The Bertz CT molecular complexity index is 736. The van der Waals surface area contributed by atoms with Gasteiger partial charge in [-0.2, -0.15) is 0 Å². The molecule has 0 radical (unpaired) electrons. The van der Waals surface area contributed by atoms with Crippen LogP contribution < -0.4 is 10.2 Å². The summed E-state index contributed by atoms with van der Waals surface area (Å²) in [6, 6.07) is 4.25. The number of anilines is 2. The van der Waals surface area contributed by atoms with Crippen LogP contribution in [-0.4, -0.2) is 49.9 Å². The minimum atomic E-state index is -0.0771. The van der Waals surface area contributed by atoms with Gasteiger partial charge in [0.2, 0.25) is 11.1 Å². The van der Waals surface area contributed by atoms with Gasteiger partial charge in [0, 0.05) is 13.1 Å². The first-order valence-electron chi connectivity index (χ1n) is 9.21. The molecular weight excluding hydrogens is 350 g/mol. The number of rotatable bonds is 6. The van der Waals surface area contributed by atoms with Crippen LogP contribution in [0.25, 0.3) is 0 Å². The average Bonchev–Trinajstić information content (AvgIpc) is 3.42. The van der Waals surface area contributed by atoms with Crippen LogP contribution in [0.15, 0.2) is 23.5 Å². The lowest BCUT2D eigenvalue weighted by Gasteiger charge is -2.16. The van der Waals surface area contributed by atoms with Crippen molar-refractivity contribution in [3.63, 3.8) is 0 Å². The van der Waals surface area contributed by atoms with Gasteiger partial charge in [-0.15, -0.1) is 5.10 Å². The number of tetrazole rings is 1. The molecule has 8 nitrogen and oxygen atoms in total. The van der Waals surface area contributed by atoms with Crippen LogP contribution in [0.1, 0.15) is 44.6 Å². The summed E-state index contributed by atoms with van der Waals surface area (Å²) in [6.07, 6.45) is 8.82. The molecule has 1 amide bonds. The third-order valence-corrected chi connectivity index (χ3v) is 5.86. The molecule has 2 aromatic rings. The summed E-state index contributed by atoms with van der Waals surface area (Å²) >= 11 is 1.38. The Morgan fingerprint density at radius 2 is 2.00 bits per heavy atom. The van der Waals surface area contributed by atoms with Crippen molar-refractivity contribution < 1.29 is 4.79 Å². The van der Waals surface area contributed by atoms with Gasteiger partial charge in [0.05, 0.1) is 23.7 Å². The zero-order chi connectivity index (χ0) is 17.8. The molecule has 2 aromatic heterocycles. The van der Waals surface area contributed by atoms with Gasteiger partial charge in [-0.05, 0) is 48.2 Å². The van der Waals surface area contributed by atoms with Crippen LogP contribution in [0.2, 0.25) is 0 Å². The molecule has 2 aliphatic rings. The Morgan fingerprint density at radius 1 is 1.19 bits per heavy atom. The Kier molecular flexibility index (Phi) is 5.33. The summed E-state index contributed by atoms with van der Waals surface area (Å²) in [5.41, 5.74) is 0.717. The molecule has 0 unspecified atom stereocenters. The molecule has 0 spiro atoms. The van der Waals surface area contributed by atoms with Crippen LogP contribution in [0, 0.1) is 0 Å². The molecule has 1 saturated heterocycles. The first-order chi connectivity index (χ1) is 12.8. The number of hydrogen-bond donors (Lipinski definition) is 1. The van der Waals surface area contributed by atoms with E-state index in [0.29, 0.717) is 11.7 Å². The Morgan fingerprint density at radius 3 is 2.73 bits per heavy atom. The van der Waals surface area contributed by atoms with Gasteiger partial charge in [0.15, 0.2) is 0 Å². The maximum Gasteiger partial charge on any atom is 0.234 e. The lowest BCUT2D eigenvalue weighted by atomic mass is 10.3. The zero-order valence-corrected chi connectivity index (χ0v) is 15.5. The molecule has 1 aliphatic heterocycles. The van der Waals surface area contributed by atoms with E-state index in [9.17, 15) is 4.79 Å². The fourth-order valence-corrected chi connectivity index (χ4v) is 4.32. The van der Waals surface area contributed by atoms with Crippen LogP contribution in [0.4, 0.5) is 11.5 Å². The van der Waals surface area contributed by atoms with E-state index in [1.807, 2.05) is 16.8 Å². The number of thioether (sulfide) groups is 1. The molecule has 4 rings (SSSR count). The van der Waals surface area contributed by atoms with Crippen LogP contribution in [0.5, 0.6) is 0 Å². The van der Waals surface area contributed by atoms with Crippen molar-refractivity contribution in [2.45, 2.75) is 49.7 Å². The maximum absolute atomic E-state index is 12.2. The summed E-state index contributed by atoms with van der Waals surface area (Å²) < 4.78 is 1.87. The minimum absolute atomic E-state index is 0.0771. The van der Waals surface area contributed by atoms with E-state index >= 15 is 0 Å². The van der Waals surface area contributed by atoms with Crippen molar-refractivity contribution in [3.8, 4) is 0 Å². The molecule has 26 heavy (non-hydrogen) atoms. The van der Waals surface area contributed by atoms with Crippen molar-refractivity contribution in [3.05, 3.63) is 18.3 Å². The number of carbonyl (C=O) groups excluding carboxylic acids is 1. The number of amides is 1. The van der Waals surface area contributed by atoms with Crippen LogP contribution >= 0.6 is 11.8 Å². The fourth-order valence-electron chi connectivity index (χ4n) is 3.58. The number of carbonyl (C=O) groups is 1. The number of pyridine rings is 1. The summed E-state index contributed by atoms with van der Waals surface area (Å²) in [7, 11) is 0. The summed E-state index contributed by atoms with van der Waals surface area (Å²) in [4.78, 5) is 19.0. The van der Waals surface area contributed by atoms with Gasteiger partial charge in [-0.3, -0.25) is 4.79 Å². The second-order valence-corrected chi connectivity index (χ2v) is 7.72. The highest BCUT2D eigenvalue weighted by molar-refractivity contribution is 7.99. The van der Waals surface area contributed by atoms with E-state index in [0.717, 1.165) is 36.9 Å². The van der Waals surface area contributed by atoms with Gasteiger partial charge >= 0.3 is 0 Å². The van der Waals surface area contributed by atoms with Gasteiger partial charge in [0.25, 0.3) is 0 Å². The molecule has 2 fully saturated rings. The summed E-state index contributed by atoms with van der Waals surface area (Å²) in [5, 5.41) is 15.5. The molecule has 9 heteroatoms. The van der Waals surface area contributed by atoms with Crippen molar-refractivity contribution in [2.24, 2.45) is 0 Å². The first-order valence-corrected chi connectivity index (χ1v) is 10.2. The van der Waals surface area contributed by atoms with Crippen LogP contribution in [0.3, 0.4) is 0 Å². The number of nitrogens with zero attached hydrogens (tertiary/aromatic N) is 6. The maximum atomic E-state index is 12.2. The zero-order valence-electron chi connectivity index (χ0n) is 14.7. The molecular formula is C17H23N7OS. The SMILES string of the molecule is O=C(CSc1nnnn1C1CCCC1)Nc1ccc(N2CCCC2)nc1. The van der Waals surface area contributed by atoms with E-state index in [1.54, 1.807) is 6.20 Å². The van der Waals surface area contributed by atoms with E-state index in [4.69, 9.17) is 0 Å². The Hall–Kier alpha value is -2.16. The number of nitrogens with one attached hydrogen (secondary N) is 1. The second-order valence-electron chi connectivity index (χ2n) is 6.78. The van der Waals surface area contributed by atoms with Gasteiger partial charge in [0.1, 0.15) is 5.82 Å². The Balaban J connectivity index is 1.29. The minimum Gasteiger partial charge on any atom is -0.357 e. The molecule has 0 bridgehead atoms. The molecule has 3 heterocycles. The van der Waals surface area contributed by atoms with Crippen LogP contribution in [-0.2, 0) is 4.79 Å². The van der Waals surface area contributed by atoms with E-state index in [2.05, 4.69) is 30.7 Å². The predicted octanol–water partition coefficient (Wildman–Crippen LogP) is 2.51. The lowest BCUT2D eigenvalue weighted by Crippen LogP contribution is -2.19. The molecule has 1 saturated carbocycles. The third kappa shape index (κ3) is 3.98. The van der Waals surface area contributed by atoms with Gasteiger partial charge in [-0.25, -0.2) is 9.67 Å². The summed E-state index contributed by atoms with van der Waals surface area (Å²) in [6.45, 7) is 2.12. The van der Waals surface area contributed by atoms with Crippen molar-refractivity contribution in [1.29, 1.82) is 0 Å². The van der Waals surface area contributed by atoms with E-state index < -0.39 is 0 Å². The largest absolute Gasteiger partial charge is 0.357 e. The quantitative estimate of drug-likeness (QED) is 0.778. The molecule has 0 aromatic carbocycles. The van der Waals surface area contributed by atoms with Crippen molar-refractivity contribution in [2.75, 3.05) is 29.1 Å². The second kappa shape index (κ2) is 8.03. The molecule has 1 N–H and O–H groups in total. The Labute approximate surface area is 156 Å². The van der Waals surface area contributed by atoms with Gasteiger partial charge in [-0.1, -0.05) is 24.6 Å². The molecule has 138 valence electrons. The number of hydrogen-bond acceptors (Lipinski definition) is 7. The highest BCUT2D eigenvalue weighted by Crippen LogP contribution is 2.31. The topological polar surface area (TPSA) is 88.8 Å². The monoisotopic (exact) mass is 373 g/mol.